The molecule has 0 heterocycles. The van der Waals surface area contributed by atoms with Gasteiger partial charge in [0.05, 0.1) is 0 Å². The van der Waals surface area contributed by atoms with Crippen molar-refractivity contribution in [2.75, 3.05) is 6.54 Å². The highest BCUT2D eigenvalue weighted by Gasteiger charge is 2.56. The first-order valence-electron chi connectivity index (χ1n) is 5.76. The smallest absolute Gasteiger partial charge is 0.278 e. The van der Waals surface area contributed by atoms with Crippen molar-refractivity contribution in [2.24, 2.45) is 11.1 Å². The molecule has 1 aliphatic rings. The van der Waals surface area contributed by atoms with E-state index in [2.05, 4.69) is 0 Å². The zero-order chi connectivity index (χ0) is 11.6. The largest absolute Gasteiger partial charge is 0.330 e. The van der Waals surface area contributed by atoms with E-state index in [0.717, 1.165) is 6.42 Å². The van der Waals surface area contributed by atoms with Crippen molar-refractivity contribution in [3.63, 3.8) is 0 Å². The summed E-state index contributed by atoms with van der Waals surface area (Å²) in [7, 11) is 0. The van der Waals surface area contributed by atoms with Gasteiger partial charge in [-0.05, 0) is 25.8 Å². The first kappa shape index (κ1) is 11.5. The Balaban J connectivity index is 2.30. The van der Waals surface area contributed by atoms with Crippen molar-refractivity contribution in [1.29, 1.82) is 0 Å². The fourth-order valence-corrected chi connectivity index (χ4v) is 2.55. The van der Waals surface area contributed by atoms with Gasteiger partial charge in [-0.1, -0.05) is 36.8 Å². The summed E-state index contributed by atoms with van der Waals surface area (Å²) < 4.78 is 28.8. The molecule has 1 aromatic carbocycles. The Bertz CT molecular complexity index is 344. The second-order valence-electron chi connectivity index (χ2n) is 4.61. The van der Waals surface area contributed by atoms with Gasteiger partial charge in [0.15, 0.2) is 0 Å². The summed E-state index contributed by atoms with van der Waals surface area (Å²) in [6, 6.07) is 8.11. The zero-order valence-corrected chi connectivity index (χ0v) is 9.26. The summed E-state index contributed by atoms with van der Waals surface area (Å²) in [6.45, 7) is 0.336. The minimum absolute atomic E-state index is 0.128. The number of hydrogen-bond acceptors (Lipinski definition) is 1. The molecule has 0 aromatic heterocycles. The summed E-state index contributed by atoms with van der Waals surface area (Å²) >= 11 is 0. The van der Waals surface area contributed by atoms with Crippen LogP contribution in [0.25, 0.3) is 0 Å². The van der Waals surface area contributed by atoms with Crippen LogP contribution in [0.1, 0.15) is 31.2 Å². The highest BCUT2D eigenvalue weighted by Crippen LogP contribution is 2.58. The third kappa shape index (κ3) is 1.63. The van der Waals surface area contributed by atoms with E-state index in [9.17, 15) is 8.78 Å². The van der Waals surface area contributed by atoms with Crippen LogP contribution in [0.15, 0.2) is 30.3 Å². The number of benzene rings is 1. The van der Waals surface area contributed by atoms with E-state index in [1.165, 1.54) is 12.1 Å². The first-order valence-corrected chi connectivity index (χ1v) is 5.76. The van der Waals surface area contributed by atoms with Gasteiger partial charge >= 0.3 is 0 Å². The van der Waals surface area contributed by atoms with Gasteiger partial charge in [-0.25, -0.2) is 8.78 Å². The molecule has 0 aliphatic heterocycles. The molecule has 0 saturated heterocycles. The summed E-state index contributed by atoms with van der Waals surface area (Å²) in [4.78, 5) is 0. The fourth-order valence-electron chi connectivity index (χ4n) is 2.55. The van der Waals surface area contributed by atoms with E-state index >= 15 is 0 Å². The van der Waals surface area contributed by atoms with E-state index in [4.69, 9.17) is 5.73 Å². The van der Waals surface area contributed by atoms with Gasteiger partial charge in [-0.3, -0.25) is 0 Å². The number of rotatable bonds is 4. The van der Waals surface area contributed by atoms with Crippen LogP contribution in [0.5, 0.6) is 0 Å². The lowest BCUT2D eigenvalue weighted by Gasteiger charge is -2.47. The molecule has 16 heavy (non-hydrogen) atoms. The maximum absolute atomic E-state index is 14.4. The molecule has 0 unspecified atom stereocenters. The van der Waals surface area contributed by atoms with E-state index in [1.54, 1.807) is 18.2 Å². The van der Waals surface area contributed by atoms with Crippen LogP contribution in [-0.4, -0.2) is 6.54 Å². The Hall–Kier alpha value is -0.960. The monoisotopic (exact) mass is 225 g/mol. The van der Waals surface area contributed by atoms with Crippen LogP contribution in [0.4, 0.5) is 8.78 Å². The molecule has 88 valence electrons. The van der Waals surface area contributed by atoms with Crippen molar-refractivity contribution >= 4 is 0 Å². The molecule has 2 N–H and O–H groups in total. The van der Waals surface area contributed by atoms with Crippen molar-refractivity contribution in [3.05, 3.63) is 35.9 Å². The lowest BCUT2D eigenvalue weighted by atomic mass is 9.61. The Labute approximate surface area is 94.7 Å². The van der Waals surface area contributed by atoms with E-state index < -0.39 is 11.3 Å². The topological polar surface area (TPSA) is 26.0 Å². The predicted octanol–water partition coefficient (Wildman–Crippen LogP) is 3.30. The predicted molar refractivity (Wildman–Crippen MR) is 60.3 cm³/mol. The summed E-state index contributed by atoms with van der Waals surface area (Å²) in [5.74, 6) is -2.74. The van der Waals surface area contributed by atoms with Gasteiger partial charge < -0.3 is 5.73 Å². The molecule has 3 heteroatoms. The minimum atomic E-state index is -2.74. The highest BCUT2D eigenvalue weighted by molar-refractivity contribution is 5.24. The van der Waals surface area contributed by atoms with Gasteiger partial charge in [0.1, 0.15) is 0 Å². The standard InChI is InChI=1S/C13H17F2N/c14-13(15,11-5-2-1-3-6-11)12(9-10-16)7-4-8-12/h1-3,5-6H,4,7-10,16H2. The molecule has 1 nitrogen and oxygen atoms in total. The second-order valence-corrected chi connectivity index (χ2v) is 4.61. The van der Waals surface area contributed by atoms with Crippen molar-refractivity contribution in [3.8, 4) is 0 Å². The third-order valence-corrected chi connectivity index (χ3v) is 3.74. The van der Waals surface area contributed by atoms with Crippen molar-refractivity contribution in [1.82, 2.24) is 0 Å². The number of alkyl halides is 2. The average molecular weight is 225 g/mol. The van der Waals surface area contributed by atoms with E-state index in [-0.39, 0.29) is 5.56 Å². The Morgan fingerprint density at radius 3 is 2.25 bits per heavy atom. The molecular weight excluding hydrogens is 208 g/mol. The van der Waals surface area contributed by atoms with Crippen molar-refractivity contribution < 1.29 is 8.78 Å². The molecule has 0 atom stereocenters. The molecule has 0 spiro atoms. The van der Waals surface area contributed by atoms with Gasteiger partial charge in [-0.15, -0.1) is 0 Å². The van der Waals surface area contributed by atoms with Gasteiger partial charge in [-0.2, -0.15) is 0 Å². The Morgan fingerprint density at radius 2 is 1.81 bits per heavy atom. The van der Waals surface area contributed by atoms with E-state index in [0.29, 0.717) is 25.8 Å². The summed E-state index contributed by atoms with van der Waals surface area (Å²) in [5.41, 5.74) is 4.71. The molecule has 1 aromatic rings. The Morgan fingerprint density at radius 1 is 1.19 bits per heavy atom. The molecule has 0 bridgehead atoms. The van der Waals surface area contributed by atoms with Crippen LogP contribution in [0.3, 0.4) is 0 Å². The first-order chi connectivity index (χ1) is 7.62. The molecule has 0 amide bonds. The van der Waals surface area contributed by atoms with Crippen LogP contribution in [-0.2, 0) is 5.92 Å². The molecular formula is C13H17F2N. The normalized spacial score (nSPS) is 19.2. The van der Waals surface area contributed by atoms with E-state index in [1.807, 2.05) is 0 Å². The average Bonchev–Trinajstić information content (AvgIpc) is 2.24. The molecule has 2 rings (SSSR count). The molecule has 1 fully saturated rings. The minimum Gasteiger partial charge on any atom is -0.330 e. The molecule has 1 saturated carbocycles. The summed E-state index contributed by atoms with van der Waals surface area (Å²) in [5, 5.41) is 0. The maximum atomic E-state index is 14.4. The van der Waals surface area contributed by atoms with Crippen molar-refractivity contribution in [2.45, 2.75) is 31.6 Å². The number of hydrogen-bond donors (Lipinski definition) is 1. The van der Waals surface area contributed by atoms with Crippen LogP contribution < -0.4 is 5.73 Å². The number of nitrogens with two attached hydrogens (primary N) is 1. The quantitative estimate of drug-likeness (QED) is 0.836. The van der Waals surface area contributed by atoms with Gasteiger partial charge in [0.2, 0.25) is 0 Å². The highest BCUT2D eigenvalue weighted by atomic mass is 19.3. The fraction of sp³-hybridized carbons (Fsp3) is 0.538. The molecule has 0 radical (unpaired) electrons. The van der Waals surface area contributed by atoms with Gasteiger partial charge in [0, 0.05) is 11.0 Å². The van der Waals surface area contributed by atoms with Crippen LogP contribution >= 0.6 is 0 Å². The maximum Gasteiger partial charge on any atom is 0.278 e. The number of halogens is 2. The lowest BCUT2D eigenvalue weighted by Crippen LogP contribution is -2.46. The summed E-state index contributed by atoms with van der Waals surface area (Å²) in [6.07, 6.45) is 2.48. The van der Waals surface area contributed by atoms with Crippen LogP contribution in [0, 0.1) is 5.41 Å². The zero-order valence-electron chi connectivity index (χ0n) is 9.26. The second kappa shape index (κ2) is 4.13. The SMILES string of the molecule is NCCC1(C(F)(F)c2ccccc2)CCC1. The van der Waals surface area contributed by atoms with Gasteiger partial charge in [0.25, 0.3) is 5.92 Å². The van der Waals surface area contributed by atoms with Crippen LogP contribution in [0.2, 0.25) is 0 Å². The Kier molecular flexibility index (Phi) is 2.98. The lowest BCUT2D eigenvalue weighted by molar-refractivity contribution is -0.172. The third-order valence-electron chi connectivity index (χ3n) is 3.74. The molecule has 1 aliphatic carbocycles.